The topological polar surface area (TPSA) is 91.3 Å². The van der Waals surface area contributed by atoms with Crippen molar-refractivity contribution < 1.29 is 14.7 Å². The second kappa shape index (κ2) is 6.85. The van der Waals surface area contributed by atoms with Gasteiger partial charge in [0.2, 0.25) is 0 Å². The van der Waals surface area contributed by atoms with Crippen molar-refractivity contribution in [1.82, 2.24) is 15.6 Å². The van der Waals surface area contributed by atoms with E-state index in [1.165, 1.54) is 23.5 Å². The first-order valence-electron chi connectivity index (χ1n) is 6.32. The number of carbonyl (C=O) groups excluding carboxylic acids is 1. The van der Waals surface area contributed by atoms with Gasteiger partial charge in [0.15, 0.2) is 0 Å². The molecule has 1 atom stereocenters. The van der Waals surface area contributed by atoms with E-state index < -0.39 is 5.97 Å². The molecule has 21 heavy (non-hydrogen) atoms. The molecule has 0 spiro atoms. The molecule has 2 rings (SSSR count). The van der Waals surface area contributed by atoms with Crippen LogP contribution in [0.25, 0.3) is 0 Å². The van der Waals surface area contributed by atoms with Gasteiger partial charge in [-0.25, -0.2) is 14.6 Å². The standard InChI is InChI=1S/C14H15N3O3S/c1-9(12-15-6-7-21-12)17-14(20)16-8-10-2-4-11(5-3-10)13(18)19/h2-7,9H,8H2,1H3,(H,18,19)(H2,16,17,20). The molecule has 2 amide bonds. The van der Waals surface area contributed by atoms with Gasteiger partial charge in [0.25, 0.3) is 0 Å². The van der Waals surface area contributed by atoms with Crippen molar-refractivity contribution in [3.05, 3.63) is 52.0 Å². The van der Waals surface area contributed by atoms with Crippen LogP contribution < -0.4 is 10.6 Å². The van der Waals surface area contributed by atoms with Gasteiger partial charge >= 0.3 is 12.0 Å². The van der Waals surface area contributed by atoms with E-state index in [-0.39, 0.29) is 17.6 Å². The molecule has 0 aliphatic carbocycles. The predicted molar refractivity (Wildman–Crippen MR) is 79.3 cm³/mol. The van der Waals surface area contributed by atoms with Gasteiger partial charge in [-0.2, -0.15) is 0 Å². The van der Waals surface area contributed by atoms with Gasteiger partial charge in [-0.1, -0.05) is 12.1 Å². The highest BCUT2D eigenvalue weighted by Gasteiger charge is 2.11. The van der Waals surface area contributed by atoms with E-state index in [4.69, 9.17) is 5.11 Å². The Balaban J connectivity index is 1.82. The summed E-state index contributed by atoms with van der Waals surface area (Å²) in [5.41, 5.74) is 1.05. The van der Waals surface area contributed by atoms with Crippen LogP contribution in [0.3, 0.4) is 0 Å². The van der Waals surface area contributed by atoms with Crippen LogP contribution >= 0.6 is 11.3 Å². The average molecular weight is 305 g/mol. The van der Waals surface area contributed by atoms with Crippen LogP contribution in [0.2, 0.25) is 0 Å². The van der Waals surface area contributed by atoms with Crippen LogP contribution in [0.15, 0.2) is 35.8 Å². The summed E-state index contributed by atoms with van der Waals surface area (Å²) in [5, 5.41) is 17.0. The smallest absolute Gasteiger partial charge is 0.335 e. The number of hydrogen-bond donors (Lipinski definition) is 3. The van der Waals surface area contributed by atoms with E-state index in [9.17, 15) is 9.59 Å². The van der Waals surface area contributed by atoms with Crippen LogP contribution in [-0.2, 0) is 6.54 Å². The monoisotopic (exact) mass is 305 g/mol. The zero-order valence-electron chi connectivity index (χ0n) is 11.4. The molecule has 7 heteroatoms. The lowest BCUT2D eigenvalue weighted by Gasteiger charge is -2.12. The molecule has 1 aromatic carbocycles. The van der Waals surface area contributed by atoms with Gasteiger partial charge in [-0.15, -0.1) is 11.3 Å². The normalized spacial score (nSPS) is 11.7. The molecule has 1 unspecified atom stereocenters. The molecular formula is C14H15N3O3S. The van der Waals surface area contributed by atoms with Crippen LogP contribution in [0, 0.1) is 0 Å². The van der Waals surface area contributed by atoms with E-state index >= 15 is 0 Å². The van der Waals surface area contributed by atoms with E-state index in [1.807, 2.05) is 12.3 Å². The first-order chi connectivity index (χ1) is 10.1. The molecule has 2 aromatic rings. The largest absolute Gasteiger partial charge is 0.478 e. The number of aromatic nitrogens is 1. The Morgan fingerprint density at radius 3 is 2.62 bits per heavy atom. The predicted octanol–water partition coefficient (Wildman–Crippen LogP) is 2.40. The molecular weight excluding hydrogens is 290 g/mol. The second-order valence-electron chi connectivity index (χ2n) is 4.42. The first-order valence-corrected chi connectivity index (χ1v) is 7.20. The molecule has 0 aliphatic rings. The molecule has 110 valence electrons. The Kier molecular flexibility index (Phi) is 4.89. The summed E-state index contributed by atoms with van der Waals surface area (Å²) in [6, 6.07) is 5.92. The Hall–Kier alpha value is -2.41. The number of rotatable bonds is 5. The number of carboxylic acids is 1. The summed E-state index contributed by atoms with van der Waals surface area (Å²) < 4.78 is 0. The maximum Gasteiger partial charge on any atom is 0.335 e. The quantitative estimate of drug-likeness (QED) is 0.791. The number of thiazole rings is 1. The minimum atomic E-state index is -0.968. The van der Waals surface area contributed by atoms with Crippen molar-refractivity contribution in [3.8, 4) is 0 Å². The van der Waals surface area contributed by atoms with Crippen LogP contribution in [-0.4, -0.2) is 22.1 Å². The lowest BCUT2D eigenvalue weighted by Crippen LogP contribution is -2.36. The molecule has 0 fully saturated rings. The van der Waals surface area contributed by atoms with E-state index in [0.29, 0.717) is 6.54 Å². The molecule has 0 saturated heterocycles. The third-order valence-electron chi connectivity index (χ3n) is 2.82. The zero-order chi connectivity index (χ0) is 15.2. The summed E-state index contributed by atoms with van der Waals surface area (Å²) in [6.45, 7) is 2.19. The third kappa shape index (κ3) is 4.28. The van der Waals surface area contributed by atoms with Crippen LogP contribution in [0.1, 0.15) is 33.9 Å². The van der Waals surface area contributed by atoms with Crippen molar-refractivity contribution in [2.45, 2.75) is 19.5 Å². The van der Waals surface area contributed by atoms with Crippen molar-refractivity contribution in [2.24, 2.45) is 0 Å². The second-order valence-corrected chi connectivity index (χ2v) is 5.35. The Morgan fingerprint density at radius 2 is 2.05 bits per heavy atom. The highest BCUT2D eigenvalue weighted by Crippen LogP contribution is 2.14. The highest BCUT2D eigenvalue weighted by atomic mass is 32.1. The number of nitrogens with zero attached hydrogens (tertiary/aromatic N) is 1. The number of urea groups is 1. The maximum atomic E-state index is 11.8. The molecule has 1 heterocycles. The summed E-state index contributed by atoms with van der Waals surface area (Å²) in [4.78, 5) is 26.6. The highest BCUT2D eigenvalue weighted by molar-refractivity contribution is 7.09. The Labute approximate surface area is 125 Å². The first kappa shape index (κ1) is 15.0. The number of nitrogens with one attached hydrogen (secondary N) is 2. The summed E-state index contributed by atoms with van der Waals surface area (Å²) >= 11 is 1.48. The molecule has 6 nitrogen and oxygen atoms in total. The minimum Gasteiger partial charge on any atom is -0.478 e. The van der Waals surface area contributed by atoms with Crippen LogP contribution in [0.5, 0.6) is 0 Å². The maximum absolute atomic E-state index is 11.8. The van der Waals surface area contributed by atoms with Crippen molar-refractivity contribution >= 4 is 23.3 Å². The molecule has 0 bridgehead atoms. The fourth-order valence-corrected chi connectivity index (χ4v) is 2.35. The van der Waals surface area contributed by atoms with Gasteiger partial charge in [0.05, 0.1) is 11.6 Å². The van der Waals surface area contributed by atoms with Crippen molar-refractivity contribution in [3.63, 3.8) is 0 Å². The van der Waals surface area contributed by atoms with Gasteiger partial charge in [-0.05, 0) is 24.6 Å². The van der Waals surface area contributed by atoms with E-state index in [0.717, 1.165) is 10.6 Å². The molecule has 0 aliphatic heterocycles. The molecule has 0 saturated carbocycles. The lowest BCUT2D eigenvalue weighted by molar-refractivity contribution is 0.0697. The number of carboxylic acid groups (broad SMARTS) is 1. The number of aromatic carboxylic acids is 1. The average Bonchev–Trinajstić information content (AvgIpc) is 3.00. The number of amides is 2. The molecule has 1 aromatic heterocycles. The van der Waals surface area contributed by atoms with Gasteiger partial charge < -0.3 is 15.7 Å². The Morgan fingerprint density at radius 1 is 1.33 bits per heavy atom. The van der Waals surface area contributed by atoms with Crippen molar-refractivity contribution in [1.29, 1.82) is 0 Å². The summed E-state index contributed by atoms with van der Waals surface area (Å²) in [5.74, 6) is -0.968. The number of benzene rings is 1. The third-order valence-corrected chi connectivity index (χ3v) is 3.78. The zero-order valence-corrected chi connectivity index (χ0v) is 12.2. The molecule has 0 radical (unpaired) electrons. The summed E-state index contributed by atoms with van der Waals surface area (Å²) in [6.07, 6.45) is 1.69. The fourth-order valence-electron chi connectivity index (χ4n) is 1.71. The summed E-state index contributed by atoms with van der Waals surface area (Å²) in [7, 11) is 0. The van der Waals surface area contributed by atoms with E-state index in [1.54, 1.807) is 18.3 Å². The van der Waals surface area contributed by atoms with Crippen LogP contribution in [0.4, 0.5) is 4.79 Å². The van der Waals surface area contributed by atoms with Gasteiger partial charge in [-0.3, -0.25) is 0 Å². The SMILES string of the molecule is CC(NC(=O)NCc1ccc(C(=O)O)cc1)c1nccs1. The Bertz CT molecular complexity index is 611. The fraction of sp³-hybridized carbons (Fsp3) is 0.214. The van der Waals surface area contributed by atoms with E-state index in [2.05, 4.69) is 15.6 Å². The van der Waals surface area contributed by atoms with Crippen molar-refractivity contribution in [2.75, 3.05) is 0 Å². The minimum absolute atomic E-state index is 0.153. The van der Waals surface area contributed by atoms with Gasteiger partial charge in [0, 0.05) is 18.1 Å². The number of carbonyl (C=O) groups is 2. The van der Waals surface area contributed by atoms with Gasteiger partial charge in [0.1, 0.15) is 5.01 Å². The lowest BCUT2D eigenvalue weighted by atomic mass is 10.1. The molecule has 3 N–H and O–H groups in total. The number of hydrogen-bond acceptors (Lipinski definition) is 4.